The highest BCUT2D eigenvalue weighted by Crippen LogP contribution is 2.36. The van der Waals surface area contributed by atoms with E-state index in [2.05, 4.69) is 45.1 Å². The summed E-state index contributed by atoms with van der Waals surface area (Å²) in [5, 5.41) is 16.2. The van der Waals surface area contributed by atoms with Crippen LogP contribution in [0.2, 0.25) is 0 Å². The van der Waals surface area contributed by atoms with Crippen LogP contribution >= 0.6 is 11.8 Å². The number of nitrogens with zero attached hydrogens (tertiary/aromatic N) is 4. The average Bonchev–Trinajstić information content (AvgIpc) is 3.20. The number of aromatic nitrogens is 4. The highest BCUT2D eigenvalue weighted by Gasteiger charge is 2.28. The van der Waals surface area contributed by atoms with E-state index in [0.717, 1.165) is 10.9 Å². The van der Waals surface area contributed by atoms with Crippen LogP contribution in [-0.4, -0.2) is 33.0 Å². The van der Waals surface area contributed by atoms with Crippen molar-refractivity contribution in [1.82, 2.24) is 25.5 Å². The van der Waals surface area contributed by atoms with E-state index in [-0.39, 0.29) is 0 Å². The van der Waals surface area contributed by atoms with E-state index in [1.165, 1.54) is 18.4 Å². The SMILES string of the molecule is CNC(CSc1nnnn1C1CC1)c1ccccc1. The molecule has 5 nitrogen and oxygen atoms in total. The molecule has 1 saturated carbocycles. The standard InChI is InChI=1S/C13H17N5S/c1-14-12(10-5-3-2-4-6-10)9-19-13-15-16-17-18(13)11-7-8-11/h2-6,11-12,14H,7-9H2,1H3. The summed E-state index contributed by atoms with van der Waals surface area (Å²) in [6.45, 7) is 0. The molecule has 2 aromatic rings. The Hall–Kier alpha value is -1.40. The zero-order chi connectivity index (χ0) is 13.1. The summed E-state index contributed by atoms with van der Waals surface area (Å²) in [4.78, 5) is 0. The number of hydrogen-bond acceptors (Lipinski definition) is 5. The van der Waals surface area contributed by atoms with Gasteiger partial charge in [-0.15, -0.1) is 5.10 Å². The van der Waals surface area contributed by atoms with Crippen LogP contribution in [0.5, 0.6) is 0 Å². The van der Waals surface area contributed by atoms with Gasteiger partial charge < -0.3 is 5.32 Å². The van der Waals surface area contributed by atoms with Gasteiger partial charge in [-0.1, -0.05) is 42.1 Å². The quantitative estimate of drug-likeness (QED) is 0.818. The Morgan fingerprint density at radius 3 is 2.84 bits per heavy atom. The molecule has 1 N–H and O–H groups in total. The van der Waals surface area contributed by atoms with Crippen molar-refractivity contribution in [3.63, 3.8) is 0 Å². The lowest BCUT2D eigenvalue weighted by atomic mass is 10.1. The van der Waals surface area contributed by atoms with Gasteiger partial charge in [-0.2, -0.15) is 0 Å². The van der Waals surface area contributed by atoms with E-state index in [9.17, 15) is 0 Å². The van der Waals surface area contributed by atoms with Crippen molar-refractivity contribution in [3.8, 4) is 0 Å². The van der Waals surface area contributed by atoms with Crippen molar-refractivity contribution in [1.29, 1.82) is 0 Å². The predicted octanol–water partition coefficient (Wildman–Crippen LogP) is 2.06. The summed E-state index contributed by atoms with van der Waals surface area (Å²) >= 11 is 1.71. The first-order valence-corrected chi connectivity index (χ1v) is 7.50. The smallest absolute Gasteiger partial charge is 0.209 e. The van der Waals surface area contributed by atoms with Gasteiger partial charge in [-0.25, -0.2) is 4.68 Å². The van der Waals surface area contributed by atoms with E-state index in [1.54, 1.807) is 11.8 Å². The largest absolute Gasteiger partial charge is 0.312 e. The maximum atomic E-state index is 4.11. The monoisotopic (exact) mass is 275 g/mol. The molecule has 100 valence electrons. The zero-order valence-electron chi connectivity index (χ0n) is 10.9. The zero-order valence-corrected chi connectivity index (χ0v) is 11.7. The third-order valence-corrected chi connectivity index (χ3v) is 4.31. The molecular weight excluding hydrogens is 258 g/mol. The van der Waals surface area contributed by atoms with Crippen molar-refractivity contribution < 1.29 is 0 Å². The van der Waals surface area contributed by atoms with Crippen LogP contribution in [0.15, 0.2) is 35.5 Å². The summed E-state index contributed by atoms with van der Waals surface area (Å²) in [5.74, 6) is 0.924. The van der Waals surface area contributed by atoms with Crippen molar-refractivity contribution in [3.05, 3.63) is 35.9 Å². The topological polar surface area (TPSA) is 55.6 Å². The highest BCUT2D eigenvalue weighted by molar-refractivity contribution is 7.99. The van der Waals surface area contributed by atoms with Crippen LogP contribution in [-0.2, 0) is 0 Å². The molecule has 1 fully saturated rings. The lowest BCUT2D eigenvalue weighted by molar-refractivity contribution is 0.564. The van der Waals surface area contributed by atoms with Crippen LogP contribution in [0.4, 0.5) is 0 Å². The predicted molar refractivity (Wildman–Crippen MR) is 75.1 cm³/mol. The lowest BCUT2D eigenvalue weighted by Crippen LogP contribution is -2.18. The Kier molecular flexibility index (Phi) is 3.79. The summed E-state index contributed by atoms with van der Waals surface area (Å²) in [7, 11) is 1.99. The fourth-order valence-electron chi connectivity index (χ4n) is 2.02. The van der Waals surface area contributed by atoms with E-state index < -0.39 is 0 Å². The van der Waals surface area contributed by atoms with Gasteiger partial charge in [0.15, 0.2) is 0 Å². The molecule has 1 unspecified atom stereocenters. The van der Waals surface area contributed by atoms with Crippen molar-refractivity contribution >= 4 is 11.8 Å². The highest BCUT2D eigenvalue weighted by atomic mass is 32.2. The molecule has 6 heteroatoms. The molecule has 0 bridgehead atoms. The average molecular weight is 275 g/mol. The summed E-state index contributed by atoms with van der Waals surface area (Å²) in [5.41, 5.74) is 1.29. The van der Waals surface area contributed by atoms with E-state index >= 15 is 0 Å². The number of nitrogens with one attached hydrogen (secondary N) is 1. The van der Waals surface area contributed by atoms with Gasteiger partial charge in [0.25, 0.3) is 0 Å². The molecule has 1 aromatic carbocycles. The minimum absolute atomic E-state index is 0.315. The number of hydrogen-bond donors (Lipinski definition) is 1. The molecule has 1 aliphatic rings. The first-order chi connectivity index (χ1) is 9.38. The van der Waals surface area contributed by atoms with Crippen LogP contribution in [0.1, 0.15) is 30.5 Å². The fourth-order valence-corrected chi connectivity index (χ4v) is 3.11. The molecule has 1 aromatic heterocycles. The van der Waals surface area contributed by atoms with Crippen LogP contribution in [0.3, 0.4) is 0 Å². The number of rotatable bonds is 6. The van der Waals surface area contributed by atoms with Gasteiger partial charge >= 0.3 is 0 Å². The van der Waals surface area contributed by atoms with Gasteiger partial charge in [0.05, 0.1) is 6.04 Å². The number of thioether (sulfide) groups is 1. The summed E-state index contributed by atoms with van der Waals surface area (Å²) in [6, 6.07) is 11.3. The van der Waals surface area contributed by atoms with Gasteiger partial charge in [-0.05, 0) is 35.9 Å². The number of benzene rings is 1. The molecule has 0 aliphatic heterocycles. The molecule has 0 saturated heterocycles. The van der Waals surface area contributed by atoms with Crippen molar-refractivity contribution in [2.75, 3.05) is 12.8 Å². The summed E-state index contributed by atoms with van der Waals surface area (Å²) in [6.07, 6.45) is 2.40. The third kappa shape index (κ3) is 2.96. The Bertz CT molecular complexity index is 523. The molecule has 3 rings (SSSR count). The van der Waals surface area contributed by atoms with Crippen molar-refractivity contribution in [2.45, 2.75) is 30.1 Å². The first-order valence-electron chi connectivity index (χ1n) is 6.51. The second-order valence-electron chi connectivity index (χ2n) is 4.70. The normalized spacial score (nSPS) is 16.5. The molecule has 0 radical (unpaired) electrons. The Morgan fingerprint density at radius 1 is 1.37 bits per heavy atom. The Balaban J connectivity index is 1.65. The Labute approximate surface area is 116 Å². The lowest BCUT2D eigenvalue weighted by Gasteiger charge is -2.15. The molecule has 1 atom stereocenters. The van der Waals surface area contributed by atoms with Gasteiger partial charge in [0, 0.05) is 11.8 Å². The third-order valence-electron chi connectivity index (χ3n) is 3.28. The van der Waals surface area contributed by atoms with E-state index in [1.807, 2.05) is 17.8 Å². The fraction of sp³-hybridized carbons (Fsp3) is 0.462. The minimum atomic E-state index is 0.315. The molecule has 1 heterocycles. The van der Waals surface area contributed by atoms with Crippen LogP contribution < -0.4 is 5.32 Å². The molecular formula is C13H17N5S. The molecule has 0 spiro atoms. The van der Waals surface area contributed by atoms with Crippen LogP contribution in [0, 0.1) is 0 Å². The second-order valence-corrected chi connectivity index (χ2v) is 5.69. The van der Waals surface area contributed by atoms with Crippen LogP contribution in [0.25, 0.3) is 0 Å². The Morgan fingerprint density at radius 2 is 2.16 bits per heavy atom. The molecule has 1 aliphatic carbocycles. The second kappa shape index (κ2) is 5.71. The van der Waals surface area contributed by atoms with E-state index in [0.29, 0.717) is 12.1 Å². The summed E-state index contributed by atoms with van der Waals surface area (Å²) < 4.78 is 1.96. The van der Waals surface area contributed by atoms with Gasteiger partial charge in [-0.3, -0.25) is 0 Å². The van der Waals surface area contributed by atoms with E-state index in [4.69, 9.17) is 0 Å². The first kappa shape index (κ1) is 12.6. The maximum absolute atomic E-state index is 4.11. The number of tetrazole rings is 1. The minimum Gasteiger partial charge on any atom is -0.312 e. The maximum Gasteiger partial charge on any atom is 0.209 e. The molecule has 0 amide bonds. The van der Waals surface area contributed by atoms with Gasteiger partial charge in [0.2, 0.25) is 5.16 Å². The van der Waals surface area contributed by atoms with Gasteiger partial charge in [0.1, 0.15) is 0 Å². The van der Waals surface area contributed by atoms with Crippen molar-refractivity contribution in [2.24, 2.45) is 0 Å². The molecule has 19 heavy (non-hydrogen) atoms.